The van der Waals surface area contributed by atoms with Crippen molar-refractivity contribution < 1.29 is 28.4 Å². The standard InChI is InChI=1S/C48H39NO6/c1(4-37-13-22-43-46(31-37)53-28-25-50-43)34-7-16-40(17-8-34)49(41-18-9-35(10-19-41)2-5-38-14-23-44-47(32-38)54-29-26-51-44)42-20-11-36(12-21-42)3-6-39-15-24-45-48(33-39)55-30-27-52-45/h1-24,31-33H,25-30H2. The summed E-state index contributed by atoms with van der Waals surface area (Å²) in [7, 11) is 0. The third kappa shape index (κ3) is 7.92. The summed E-state index contributed by atoms with van der Waals surface area (Å²) in [4.78, 5) is 2.27. The van der Waals surface area contributed by atoms with E-state index in [1.807, 2.05) is 54.6 Å². The highest BCUT2D eigenvalue weighted by atomic mass is 16.6. The van der Waals surface area contributed by atoms with Gasteiger partial charge in [0.15, 0.2) is 34.5 Å². The molecule has 0 saturated carbocycles. The van der Waals surface area contributed by atoms with Crippen LogP contribution >= 0.6 is 0 Å². The average Bonchev–Trinajstić information content (AvgIpc) is 3.25. The van der Waals surface area contributed by atoms with Crippen molar-refractivity contribution in [1.29, 1.82) is 0 Å². The van der Waals surface area contributed by atoms with Crippen molar-refractivity contribution in [2.45, 2.75) is 0 Å². The molecule has 0 aliphatic carbocycles. The summed E-state index contributed by atoms with van der Waals surface area (Å²) < 4.78 is 34.4. The molecule has 7 heteroatoms. The van der Waals surface area contributed by atoms with Crippen LogP contribution in [0.5, 0.6) is 34.5 Å². The average molecular weight is 726 g/mol. The van der Waals surface area contributed by atoms with Gasteiger partial charge < -0.3 is 33.3 Å². The fraction of sp³-hybridized carbons (Fsp3) is 0.125. The van der Waals surface area contributed by atoms with E-state index in [9.17, 15) is 0 Å². The molecule has 0 unspecified atom stereocenters. The van der Waals surface area contributed by atoms with Gasteiger partial charge in [-0.2, -0.15) is 0 Å². The van der Waals surface area contributed by atoms with Crippen molar-refractivity contribution in [2.24, 2.45) is 0 Å². The Morgan fingerprint density at radius 3 is 0.800 bits per heavy atom. The Bertz CT molecular complexity index is 2110. The Morgan fingerprint density at radius 2 is 0.509 bits per heavy atom. The van der Waals surface area contributed by atoms with E-state index >= 15 is 0 Å². The summed E-state index contributed by atoms with van der Waals surface area (Å²) in [6.07, 6.45) is 12.6. The van der Waals surface area contributed by atoms with E-state index in [2.05, 4.69) is 114 Å². The van der Waals surface area contributed by atoms with E-state index in [1.54, 1.807) is 0 Å². The normalized spacial score (nSPS) is 14.4. The molecule has 6 aromatic rings. The lowest BCUT2D eigenvalue weighted by Gasteiger charge is -2.26. The zero-order chi connectivity index (χ0) is 36.8. The minimum atomic E-state index is 0.569. The maximum absolute atomic E-state index is 5.77. The second-order valence-corrected chi connectivity index (χ2v) is 13.3. The lowest BCUT2D eigenvalue weighted by Crippen LogP contribution is -2.15. The summed E-state index contributed by atoms with van der Waals surface area (Å²) >= 11 is 0. The molecule has 3 heterocycles. The number of ether oxygens (including phenoxy) is 6. The molecule has 0 fully saturated rings. The molecule has 0 bridgehead atoms. The number of fused-ring (bicyclic) bond motifs is 3. The zero-order valence-corrected chi connectivity index (χ0v) is 30.2. The zero-order valence-electron chi connectivity index (χ0n) is 30.2. The Kier molecular flexibility index (Phi) is 9.64. The van der Waals surface area contributed by atoms with Crippen molar-refractivity contribution in [1.82, 2.24) is 0 Å². The molecule has 3 aliphatic heterocycles. The van der Waals surface area contributed by atoms with Gasteiger partial charge >= 0.3 is 0 Å². The quantitative estimate of drug-likeness (QED) is 0.138. The first-order chi connectivity index (χ1) is 27.2. The molecule has 0 N–H and O–H groups in total. The molecule has 272 valence electrons. The van der Waals surface area contributed by atoms with Crippen molar-refractivity contribution in [3.8, 4) is 34.5 Å². The van der Waals surface area contributed by atoms with Gasteiger partial charge in [-0.15, -0.1) is 0 Å². The Balaban J connectivity index is 0.965. The van der Waals surface area contributed by atoms with Gasteiger partial charge in [0.1, 0.15) is 39.6 Å². The predicted octanol–water partition coefficient (Wildman–Crippen LogP) is 11.0. The van der Waals surface area contributed by atoms with Gasteiger partial charge in [-0.1, -0.05) is 91.1 Å². The van der Waals surface area contributed by atoms with Crippen molar-refractivity contribution >= 4 is 53.5 Å². The summed E-state index contributed by atoms with van der Waals surface area (Å²) in [5.41, 5.74) is 9.61. The topological polar surface area (TPSA) is 58.6 Å². The summed E-state index contributed by atoms with van der Waals surface area (Å²) in [5, 5.41) is 0. The van der Waals surface area contributed by atoms with E-state index in [4.69, 9.17) is 28.4 Å². The fourth-order valence-corrected chi connectivity index (χ4v) is 6.72. The Morgan fingerprint density at radius 1 is 0.273 bits per heavy atom. The highest BCUT2D eigenvalue weighted by molar-refractivity contribution is 5.81. The molecule has 9 rings (SSSR count). The smallest absolute Gasteiger partial charge is 0.161 e. The van der Waals surface area contributed by atoms with Crippen LogP contribution in [0, 0.1) is 0 Å². The summed E-state index contributed by atoms with van der Waals surface area (Å²) in [6, 6.07) is 43.9. The summed E-state index contributed by atoms with van der Waals surface area (Å²) in [5.74, 6) is 4.74. The molecule has 0 saturated heterocycles. The van der Waals surface area contributed by atoms with Crippen LogP contribution in [0.25, 0.3) is 36.5 Å². The molecule has 0 radical (unpaired) electrons. The molecule has 0 atom stereocenters. The van der Waals surface area contributed by atoms with Crippen molar-refractivity contribution in [3.05, 3.63) is 161 Å². The van der Waals surface area contributed by atoms with Crippen LogP contribution in [0.1, 0.15) is 33.4 Å². The van der Waals surface area contributed by atoms with Crippen molar-refractivity contribution in [2.75, 3.05) is 44.5 Å². The van der Waals surface area contributed by atoms with Gasteiger partial charge in [0.05, 0.1) is 0 Å². The third-order valence-electron chi connectivity index (χ3n) is 9.56. The molecule has 0 spiro atoms. The van der Waals surface area contributed by atoms with Crippen LogP contribution in [0.15, 0.2) is 127 Å². The van der Waals surface area contributed by atoms with Crippen LogP contribution in [0.4, 0.5) is 17.1 Å². The highest BCUT2D eigenvalue weighted by Crippen LogP contribution is 2.37. The van der Waals surface area contributed by atoms with Gasteiger partial charge in [-0.05, 0) is 106 Å². The van der Waals surface area contributed by atoms with Crippen LogP contribution in [-0.2, 0) is 0 Å². The van der Waals surface area contributed by atoms with E-state index in [-0.39, 0.29) is 0 Å². The summed E-state index contributed by atoms with van der Waals surface area (Å²) in [6.45, 7) is 3.45. The maximum Gasteiger partial charge on any atom is 0.161 e. The molecular weight excluding hydrogens is 687 g/mol. The molecule has 3 aliphatic rings. The van der Waals surface area contributed by atoms with Gasteiger partial charge in [0.2, 0.25) is 0 Å². The van der Waals surface area contributed by atoms with Gasteiger partial charge in [-0.3, -0.25) is 0 Å². The number of anilines is 3. The van der Waals surface area contributed by atoms with Crippen LogP contribution in [-0.4, -0.2) is 39.6 Å². The van der Waals surface area contributed by atoms with E-state index in [1.165, 1.54) is 0 Å². The molecule has 0 aromatic heterocycles. The molecule has 6 aromatic carbocycles. The largest absolute Gasteiger partial charge is 0.486 e. The van der Waals surface area contributed by atoms with Gasteiger partial charge in [-0.25, -0.2) is 0 Å². The van der Waals surface area contributed by atoms with E-state index in [0.717, 1.165) is 84.9 Å². The van der Waals surface area contributed by atoms with Crippen LogP contribution < -0.4 is 33.3 Å². The number of hydrogen-bond donors (Lipinski definition) is 0. The Labute approximate surface area is 320 Å². The number of hydrogen-bond acceptors (Lipinski definition) is 7. The van der Waals surface area contributed by atoms with Crippen molar-refractivity contribution in [3.63, 3.8) is 0 Å². The number of nitrogens with zero attached hydrogens (tertiary/aromatic N) is 1. The fourth-order valence-electron chi connectivity index (χ4n) is 6.72. The lowest BCUT2D eigenvalue weighted by atomic mass is 10.1. The molecule has 55 heavy (non-hydrogen) atoms. The minimum Gasteiger partial charge on any atom is -0.486 e. The van der Waals surface area contributed by atoms with Gasteiger partial charge in [0.25, 0.3) is 0 Å². The Hall–Kier alpha value is -6.86. The predicted molar refractivity (Wildman–Crippen MR) is 220 cm³/mol. The second-order valence-electron chi connectivity index (χ2n) is 13.3. The molecule has 0 amide bonds. The highest BCUT2D eigenvalue weighted by Gasteiger charge is 2.15. The first kappa shape index (κ1) is 33.9. The third-order valence-corrected chi connectivity index (χ3v) is 9.56. The van der Waals surface area contributed by atoms with E-state index < -0.39 is 0 Å². The number of benzene rings is 6. The SMILES string of the molecule is C(=Cc1ccc2c(c1)OCCO2)c1ccc(N(c2ccc(C=Cc3ccc4c(c3)OCCO4)cc2)c2ccc(C=Cc3ccc4c(c3)OCCO4)cc2)cc1. The first-order valence-corrected chi connectivity index (χ1v) is 18.5. The second kappa shape index (κ2) is 15.6. The first-order valence-electron chi connectivity index (χ1n) is 18.5. The molecule has 7 nitrogen and oxygen atoms in total. The van der Waals surface area contributed by atoms with E-state index in [0.29, 0.717) is 39.6 Å². The van der Waals surface area contributed by atoms with Crippen LogP contribution in [0.3, 0.4) is 0 Å². The van der Waals surface area contributed by atoms with Crippen LogP contribution in [0.2, 0.25) is 0 Å². The number of rotatable bonds is 9. The minimum absolute atomic E-state index is 0.569. The van der Waals surface area contributed by atoms with Gasteiger partial charge in [0, 0.05) is 17.1 Å². The lowest BCUT2D eigenvalue weighted by molar-refractivity contribution is 0.171. The molecular formula is C48H39NO6. The monoisotopic (exact) mass is 725 g/mol. The maximum atomic E-state index is 5.77.